The average Bonchev–Trinajstić information content (AvgIpc) is 2.47. The highest BCUT2D eigenvalue weighted by molar-refractivity contribution is 7.89. The Kier molecular flexibility index (Phi) is 5.75. The third kappa shape index (κ3) is 4.78. The largest absolute Gasteiger partial charge is 0.380 e. The molecule has 0 bridgehead atoms. The molecule has 0 saturated heterocycles. The summed E-state index contributed by atoms with van der Waals surface area (Å²) in [4.78, 5) is 0.158. The van der Waals surface area contributed by atoms with Gasteiger partial charge in [-0.25, -0.2) is 13.6 Å². The van der Waals surface area contributed by atoms with Crippen LogP contribution in [0.5, 0.6) is 0 Å². The number of rotatable bonds is 6. The van der Waals surface area contributed by atoms with Gasteiger partial charge < -0.3 is 10.1 Å². The fraction of sp³-hybridized carbons (Fsp3) is 0.600. The Labute approximate surface area is 126 Å². The summed E-state index contributed by atoms with van der Waals surface area (Å²) in [6.45, 7) is 0.860. The monoisotopic (exact) mass is 312 g/mol. The van der Waals surface area contributed by atoms with E-state index in [2.05, 4.69) is 5.32 Å². The van der Waals surface area contributed by atoms with Gasteiger partial charge in [0.1, 0.15) is 0 Å². The number of methoxy groups -OCH3 is 1. The van der Waals surface area contributed by atoms with E-state index in [1.54, 1.807) is 19.2 Å². The molecule has 0 spiro atoms. The van der Waals surface area contributed by atoms with Crippen LogP contribution in [0.4, 0.5) is 0 Å². The molecule has 1 fully saturated rings. The van der Waals surface area contributed by atoms with Crippen LogP contribution < -0.4 is 10.5 Å². The van der Waals surface area contributed by atoms with Gasteiger partial charge in [0.2, 0.25) is 10.0 Å². The maximum absolute atomic E-state index is 11.2. The fourth-order valence-corrected chi connectivity index (χ4v) is 3.38. The minimum Gasteiger partial charge on any atom is -0.380 e. The number of nitrogens with one attached hydrogen (secondary N) is 1. The van der Waals surface area contributed by atoms with Gasteiger partial charge in [-0.1, -0.05) is 25.0 Å². The molecule has 0 aliphatic heterocycles. The number of sulfonamides is 1. The Hall–Kier alpha value is -0.950. The van der Waals surface area contributed by atoms with E-state index in [9.17, 15) is 8.42 Å². The Balaban J connectivity index is 1.83. The Morgan fingerprint density at radius 1 is 1.24 bits per heavy atom. The van der Waals surface area contributed by atoms with Crippen LogP contribution in [-0.4, -0.2) is 34.2 Å². The molecule has 1 saturated carbocycles. The quantitative estimate of drug-likeness (QED) is 0.832. The summed E-state index contributed by atoms with van der Waals surface area (Å²) in [6, 6.07) is 7.17. The van der Waals surface area contributed by atoms with E-state index in [0.717, 1.165) is 31.4 Å². The van der Waals surface area contributed by atoms with Crippen molar-refractivity contribution in [2.75, 3.05) is 13.7 Å². The molecule has 1 aromatic rings. The van der Waals surface area contributed by atoms with E-state index in [0.29, 0.717) is 12.1 Å². The Bertz CT molecular complexity index is 543. The van der Waals surface area contributed by atoms with Gasteiger partial charge >= 0.3 is 0 Å². The van der Waals surface area contributed by atoms with Crippen LogP contribution >= 0.6 is 0 Å². The smallest absolute Gasteiger partial charge is 0.238 e. The van der Waals surface area contributed by atoms with E-state index in [-0.39, 0.29) is 4.90 Å². The summed E-state index contributed by atoms with van der Waals surface area (Å²) in [5.74, 6) is 0. The van der Waals surface area contributed by atoms with Crippen molar-refractivity contribution < 1.29 is 13.2 Å². The summed E-state index contributed by atoms with van der Waals surface area (Å²) in [5.41, 5.74) is 1.10. The van der Waals surface area contributed by atoms with E-state index in [4.69, 9.17) is 9.88 Å². The summed E-state index contributed by atoms with van der Waals surface area (Å²) in [7, 11) is -1.83. The SMILES string of the molecule is COC1CCCCC1NCCc1ccc(S(N)(=O)=O)cc1. The normalized spacial score (nSPS) is 23.1. The lowest BCUT2D eigenvalue weighted by Crippen LogP contribution is -2.43. The Morgan fingerprint density at radius 3 is 2.52 bits per heavy atom. The van der Waals surface area contributed by atoms with E-state index in [1.807, 2.05) is 12.1 Å². The molecular weight excluding hydrogens is 288 g/mol. The highest BCUT2D eigenvalue weighted by Gasteiger charge is 2.23. The zero-order valence-electron chi connectivity index (χ0n) is 12.4. The van der Waals surface area contributed by atoms with Crippen molar-refractivity contribution in [1.29, 1.82) is 0 Å². The molecule has 2 rings (SSSR count). The van der Waals surface area contributed by atoms with Crippen molar-refractivity contribution >= 4 is 10.0 Å². The van der Waals surface area contributed by atoms with Crippen LogP contribution in [0.1, 0.15) is 31.2 Å². The number of primary sulfonamides is 1. The van der Waals surface area contributed by atoms with Crippen LogP contribution in [0, 0.1) is 0 Å². The van der Waals surface area contributed by atoms with Crippen LogP contribution in [-0.2, 0) is 21.2 Å². The van der Waals surface area contributed by atoms with Crippen LogP contribution in [0.15, 0.2) is 29.2 Å². The summed E-state index contributed by atoms with van der Waals surface area (Å²) < 4.78 is 27.9. The van der Waals surface area contributed by atoms with Crippen molar-refractivity contribution in [3.05, 3.63) is 29.8 Å². The molecule has 0 heterocycles. The topological polar surface area (TPSA) is 81.4 Å². The second-order valence-electron chi connectivity index (χ2n) is 5.56. The zero-order chi connectivity index (χ0) is 15.3. The highest BCUT2D eigenvalue weighted by atomic mass is 32.2. The minimum atomic E-state index is -3.60. The lowest BCUT2D eigenvalue weighted by atomic mass is 9.92. The van der Waals surface area contributed by atoms with Gasteiger partial charge in [0.05, 0.1) is 11.0 Å². The number of benzene rings is 1. The number of nitrogens with two attached hydrogens (primary N) is 1. The van der Waals surface area contributed by atoms with Gasteiger partial charge in [-0.05, 0) is 43.5 Å². The van der Waals surface area contributed by atoms with Crippen molar-refractivity contribution in [3.8, 4) is 0 Å². The Morgan fingerprint density at radius 2 is 1.90 bits per heavy atom. The third-order valence-corrected chi connectivity index (χ3v) is 5.01. The maximum Gasteiger partial charge on any atom is 0.238 e. The molecule has 2 atom stereocenters. The number of hydrogen-bond donors (Lipinski definition) is 2. The molecule has 5 nitrogen and oxygen atoms in total. The van der Waals surface area contributed by atoms with E-state index < -0.39 is 10.0 Å². The standard InChI is InChI=1S/C15H24N2O3S/c1-20-15-5-3-2-4-14(15)17-11-10-12-6-8-13(9-7-12)21(16,18)19/h6-9,14-15,17H,2-5,10-11H2,1H3,(H2,16,18,19). The van der Waals surface area contributed by atoms with Crippen molar-refractivity contribution in [3.63, 3.8) is 0 Å². The first-order chi connectivity index (χ1) is 10.0. The first kappa shape index (κ1) is 16.4. The molecule has 21 heavy (non-hydrogen) atoms. The van der Waals surface area contributed by atoms with Gasteiger partial charge in [-0.3, -0.25) is 0 Å². The van der Waals surface area contributed by atoms with Crippen LogP contribution in [0.3, 0.4) is 0 Å². The van der Waals surface area contributed by atoms with Gasteiger partial charge in [0.25, 0.3) is 0 Å². The molecule has 2 unspecified atom stereocenters. The molecular formula is C15H24N2O3S. The highest BCUT2D eigenvalue weighted by Crippen LogP contribution is 2.20. The second-order valence-corrected chi connectivity index (χ2v) is 7.12. The van der Waals surface area contributed by atoms with Crippen molar-refractivity contribution in [2.45, 2.75) is 49.1 Å². The van der Waals surface area contributed by atoms with Crippen molar-refractivity contribution in [1.82, 2.24) is 5.32 Å². The molecule has 1 aliphatic rings. The van der Waals surface area contributed by atoms with Gasteiger partial charge in [0, 0.05) is 13.2 Å². The molecule has 0 radical (unpaired) electrons. The first-order valence-electron chi connectivity index (χ1n) is 7.38. The van der Waals surface area contributed by atoms with E-state index in [1.165, 1.54) is 12.8 Å². The molecule has 1 aromatic carbocycles. The lowest BCUT2D eigenvalue weighted by molar-refractivity contribution is 0.0421. The van der Waals surface area contributed by atoms with Crippen LogP contribution in [0.25, 0.3) is 0 Å². The van der Waals surface area contributed by atoms with E-state index >= 15 is 0 Å². The average molecular weight is 312 g/mol. The molecule has 1 aliphatic carbocycles. The minimum absolute atomic E-state index is 0.158. The number of hydrogen-bond acceptors (Lipinski definition) is 4. The lowest BCUT2D eigenvalue weighted by Gasteiger charge is -2.31. The third-order valence-electron chi connectivity index (χ3n) is 4.08. The number of ether oxygens (including phenoxy) is 1. The summed E-state index contributed by atoms with van der Waals surface area (Å²) in [6.07, 6.45) is 5.94. The predicted molar refractivity (Wildman–Crippen MR) is 82.6 cm³/mol. The van der Waals surface area contributed by atoms with Crippen LogP contribution in [0.2, 0.25) is 0 Å². The zero-order valence-corrected chi connectivity index (χ0v) is 13.2. The molecule has 0 amide bonds. The molecule has 6 heteroatoms. The molecule has 0 aromatic heterocycles. The van der Waals surface area contributed by atoms with Gasteiger partial charge in [0.15, 0.2) is 0 Å². The summed E-state index contributed by atoms with van der Waals surface area (Å²) >= 11 is 0. The fourth-order valence-electron chi connectivity index (χ4n) is 2.86. The second kappa shape index (κ2) is 7.35. The maximum atomic E-state index is 11.2. The molecule has 118 valence electrons. The van der Waals surface area contributed by atoms with Gasteiger partial charge in [-0.15, -0.1) is 0 Å². The predicted octanol–water partition coefficient (Wildman–Crippen LogP) is 1.42. The molecule has 3 N–H and O–H groups in total. The first-order valence-corrected chi connectivity index (χ1v) is 8.93. The van der Waals surface area contributed by atoms with Gasteiger partial charge in [-0.2, -0.15) is 0 Å². The van der Waals surface area contributed by atoms with Crippen molar-refractivity contribution in [2.24, 2.45) is 5.14 Å². The summed E-state index contributed by atoms with van der Waals surface area (Å²) in [5, 5.41) is 8.63.